The molecule has 0 unspecified atom stereocenters. The van der Waals surface area contributed by atoms with Crippen LogP contribution in [0.1, 0.15) is 59.3 Å². The SMILES string of the molecule is CNC(=O)C1CCC2(CC1)CCN(CC(C)(C)C)CC2. The molecule has 20 heavy (non-hydrogen) atoms. The van der Waals surface area contributed by atoms with E-state index in [0.29, 0.717) is 10.8 Å². The van der Waals surface area contributed by atoms with Gasteiger partial charge in [0, 0.05) is 19.5 Å². The topological polar surface area (TPSA) is 32.3 Å². The Morgan fingerprint density at radius 3 is 2.15 bits per heavy atom. The highest BCUT2D eigenvalue weighted by Gasteiger charge is 2.39. The molecular weight excluding hydrogens is 248 g/mol. The molecule has 1 saturated carbocycles. The van der Waals surface area contributed by atoms with Crippen molar-refractivity contribution in [1.29, 1.82) is 0 Å². The van der Waals surface area contributed by atoms with E-state index in [2.05, 4.69) is 31.0 Å². The summed E-state index contributed by atoms with van der Waals surface area (Å²) in [7, 11) is 1.76. The lowest BCUT2D eigenvalue weighted by atomic mass is 9.65. The molecule has 1 aliphatic heterocycles. The zero-order valence-corrected chi connectivity index (χ0v) is 13.8. The lowest BCUT2D eigenvalue weighted by Gasteiger charge is -2.46. The fourth-order valence-electron chi connectivity index (χ4n) is 4.05. The first-order valence-electron chi connectivity index (χ1n) is 8.28. The molecule has 1 heterocycles. The van der Waals surface area contributed by atoms with E-state index in [1.807, 2.05) is 0 Å². The van der Waals surface area contributed by atoms with Gasteiger partial charge in [0.2, 0.25) is 5.91 Å². The molecule has 3 heteroatoms. The largest absolute Gasteiger partial charge is 0.359 e. The molecular formula is C17H32N2O. The van der Waals surface area contributed by atoms with Gasteiger partial charge in [-0.2, -0.15) is 0 Å². The van der Waals surface area contributed by atoms with E-state index in [1.165, 1.54) is 45.3 Å². The van der Waals surface area contributed by atoms with Crippen LogP contribution in [0.25, 0.3) is 0 Å². The molecule has 0 bridgehead atoms. The number of carbonyl (C=O) groups excluding carboxylic acids is 1. The average Bonchev–Trinajstić information content (AvgIpc) is 2.40. The first-order chi connectivity index (χ1) is 9.34. The molecule has 1 amide bonds. The van der Waals surface area contributed by atoms with E-state index >= 15 is 0 Å². The second kappa shape index (κ2) is 6.05. The van der Waals surface area contributed by atoms with Crippen LogP contribution in [0.4, 0.5) is 0 Å². The van der Waals surface area contributed by atoms with Gasteiger partial charge in [0.05, 0.1) is 0 Å². The number of likely N-dealkylation sites (tertiary alicyclic amines) is 1. The van der Waals surface area contributed by atoms with Crippen LogP contribution in [0.15, 0.2) is 0 Å². The molecule has 1 aliphatic carbocycles. The Bertz CT molecular complexity index is 327. The lowest BCUT2D eigenvalue weighted by Crippen LogP contribution is -2.45. The van der Waals surface area contributed by atoms with E-state index in [-0.39, 0.29) is 11.8 Å². The summed E-state index contributed by atoms with van der Waals surface area (Å²) in [5.41, 5.74) is 0.959. The maximum Gasteiger partial charge on any atom is 0.222 e. The minimum atomic E-state index is 0.255. The summed E-state index contributed by atoms with van der Waals surface area (Å²) in [6, 6.07) is 0. The normalized spacial score (nSPS) is 24.8. The third-order valence-electron chi connectivity index (χ3n) is 5.28. The number of piperidine rings is 1. The maximum atomic E-state index is 11.7. The van der Waals surface area contributed by atoms with Crippen LogP contribution >= 0.6 is 0 Å². The molecule has 0 aromatic carbocycles. The number of nitrogens with zero attached hydrogens (tertiary/aromatic N) is 1. The molecule has 1 saturated heterocycles. The van der Waals surface area contributed by atoms with Crippen LogP contribution < -0.4 is 5.32 Å². The van der Waals surface area contributed by atoms with Crippen molar-refractivity contribution in [2.45, 2.75) is 59.3 Å². The van der Waals surface area contributed by atoms with E-state index in [4.69, 9.17) is 0 Å². The van der Waals surface area contributed by atoms with Crippen molar-refractivity contribution in [1.82, 2.24) is 10.2 Å². The van der Waals surface area contributed by atoms with Gasteiger partial charge < -0.3 is 10.2 Å². The summed E-state index contributed by atoms with van der Waals surface area (Å²) < 4.78 is 0. The van der Waals surface area contributed by atoms with Crippen LogP contribution in [-0.2, 0) is 4.79 Å². The zero-order chi connectivity index (χ0) is 14.8. The molecule has 1 spiro atoms. The van der Waals surface area contributed by atoms with Crippen LogP contribution in [0.3, 0.4) is 0 Å². The first-order valence-corrected chi connectivity index (χ1v) is 8.28. The monoisotopic (exact) mass is 280 g/mol. The molecule has 2 rings (SSSR count). The Kier molecular flexibility index (Phi) is 4.78. The summed E-state index contributed by atoms with van der Waals surface area (Å²) in [5.74, 6) is 0.531. The highest BCUT2D eigenvalue weighted by atomic mass is 16.1. The van der Waals surface area contributed by atoms with Crippen molar-refractivity contribution in [3.05, 3.63) is 0 Å². The summed E-state index contributed by atoms with van der Waals surface area (Å²) in [4.78, 5) is 14.4. The summed E-state index contributed by atoms with van der Waals surface area (Å²) in [6.45, 7) is 10.7. The smallest absolute Gasteiger partial charge is 0.222 e. The van der Waals surface area contributed by atoms with Gasteiger partial charge in [0.15, 0.2) is 0 Å². The molecule has 0 aromatic rings. The Hall–Kier alpha value is -0.570. The minimum absolute atomic E-state index is 0.255. The van der Waals surface area contributed by atoms with Crippen LogP contribution in [0, 0.1) is 16.7 Å². The fraction of sp³-hybridized carbons (Fsp3) is 0.941. The summed E-state index contributed by atoms with van der Waals surface area (Å²) >= 11 is 0. The summed E-state index contributed by atoms with van der Waals surface area (Å²) in [5, 5.41) is 2.81. The molecule has 3 nitrogen and oxygen atoms in total. The van der Waals surface area contributed by atoms with Crippen LogP contribution in [-0.4, -0.2) is 37.5 Å². The number of hydrogen-bond donors (Lipinski definition) is 1. The number of nitrogens with one attached hydrogen (secondary N) is 1. The molecule has 0 atom stereocenters. The predicted molar refractivity (Wildman–Crippen MR) is 83.6 cm³/mol. The van der Waals surface area contributed by atoms with Crippen molar-refractivity contribution in [3.63, 3.8) is 0 Å². The van der Waals surface area contributed by atoms with Crippen molar-refractivity contribution in [2.24, 2.45) is 16.7 Å². The minimum Gasteiger partial charge on any atom is -0.359 e. The van der Waals surface area contributed by atoms with Gasteiger partial charge in [-0.3, -0.25) is 4.79 Å². The van der Waals surface area contributed by atoms with Gasteiger partial charge in [-0.15, -0.1) is 0 Å². The van der Waals surface area contributed by atoms with Gasteiger partial charge in [0.1, 0.15) is 0 Å². The Labute approximate surface area is 124 Å². The number of hydrogen-bond acceptors (Lipinski definition) is 2. The van der Waals surface area contributed by atoms with Gasteiger partial charge >= 0.3 is 0 Å². The van der Waals surface area contributed by atoms with Crippen molar-refractivity contribution in [2.75, 3.05) is 26.7 Å². The number of carbonyl (C=O) groups is 1. The highest BCUT2D eigenvalue weighted by molar-refractivity contribution is 5.78. The van der Waals surface area contributed by atoms with Crippen LogP contribution in [0.2, 0.25) is 0 Å². The fourth-order valence-corrected chi connectivity index (χ4v) is 4.05. The van der Waals surface area contributed by atoms with E-state index in [9.17, 15) is 4.79 Å². The second-order valence-corrected chi connectivity index (χ2v) is 8.23. The van der Waals surface area contributed by atoms with Crippen LogP contribution in [0.5, 0.6) is 0 Å². The van der Waals surface area contributed by atoms with E-state index in [1.54, 1.807) is 7.05 Å². The molecule has 2 aliphatic rings. The molecule has 0 aromatic heterocycles. The van der Waals surface area contributed by atoms with Crippen molar-refractivity contribution < 1.29 is 4.79 Å². The third-order valence-corrected chi connectivity index (χ3v) is 5.28. The Balaban J connectivity index is 1.81. The second-order valence-electron chi connectivity index (χ2n) is 8.23. The molecule has 2 fully saturated rings. The zero-order valence-electron chi connectivity index (χ0n) is 13.8. The van der Waals surface area contributed by atoms with Gasteiger partial charge in [-0.25, -0.2) is 0 Å². The molecule has 116 valence electrons. The lowest BCUT2D eigenvalue weighted by molar-refractivity contribution is -0.126. The highest BCUT2D eigenvalue weighted by Crippen LogP contribution is 2.46. The predicted octanol–water partition coefficient (Wildman–Crippen LogP) is 3.05. The Morgan fingerprint density at radius 2 is 1.70 bits per heavy atom. The molecule has 0 radical (unpaired) electrons. The third kappa shape index (κ3) is 3.97. The molecule has 1 N–H and O–H groups in total. The Morgan fingerprint density at radius 1 is 1.15 bits per heavy atom. The van der Waals surface area contributed by atoms with Gasteiger partial charge in [-0.05, 0) is 62.4 Å². The number of rotatable bonds is 2. The van der Waals surface area contributed by atoms with Crippen molar-refractivity contribution >= 4 is 5.91 Å². The maximum absolute atomic E-state index is 11.7. The summed E-state index contributed by atoms with van der Waals surface area (Å²) in [6.07, 6.45) is 7.38. The van der Waals surface area contributed by atoms with Gasteiger partial charge in [0.25, 0.3) is 0 Å². The quantitative estimate of drug-likeness (QED) is 0.843. The standard InChI is InChI=1S/C17H32N2O/c1-16(2,3)13-19-11-9-17(10-12-19)7-5-14(6-8-17)15(20)18-4/h14H,5-13H2,1-4H3,(H,18,20). The first kappa shape index (κ1) is 15.8. The number of amides is 1. The average molecular weight is 280 g/mol. The van der Waals surface area contributed by atoms with E-state index in [0.717, 1.165) is 12.8 Å². The van der Waals surface area contributed by atoms with Crippen molar-refractivity contribution in [3.8, 4) is 0 Å². The van der Waals surface area contributed by atoms with E-state index < -0.39 is 0 Å². The van der Waals surface area contributed by atoms with Gasteiger partial charge in [-0.1, -0.05) is 20.8 Å².